The van der Waals surface area contributed by atoms with Gasteiger partial charge in [-0.1, -0.05) is 6.92 Å². The van der Waals surface area contributed by atoms with Gasteiger partial charge < -0.3 is 5.32 Å². The molecule has 3 nitrogen and oxygen atoms in total. The molecule has 1 N–H and O–H groups in total. The lowest BCUT2D eigenvalue weighted by molar-refractivity contribution is 0.577. The topological polar surface area (TPSA) is 37.8 Å². The molecule has 0 amide bonds. The largest absolute Gasteiger partial charge is 0.313 e. The zero-order valence-corrected chi connectivity index (χ0v) is 11.2. The minimum atomic E-state index is -0.480. The van der Waals surface area contributed by atoms with Gasteiger partial charge in [0.1, 0.15) is 11.6 Å². The van der Waals surface area contributed by atoms with Gasteiger partial charge in [0, 0.05) is 24.5 Å². The number of hydrogen-bond donors (Lipinski definition) is 1. The summed E-state index contributed by atoms with van der Waals surface area (Å²) in [5.74, 6) is -0.959. The van der Waals surface area contributed by atoms with Crippen LogP contribution in [0.25, 0.3) is 0 Å². The van der Waals surface area contributed by atoms with Crippen LogP contribution in [-0.2, 0) is 6.54 Å². The molecule has 0 atom stereocenters. The number of halogens is 2. The van der Waals surface area contributed by atoms with Gasteiger partial charge in [0.05, 0.1) is 4.90 Å². The third-order valence-corrected chi connectivity index (χ3v) is 3.28. The number of hydrogen-bond acceptors (Lipinski definition) is 4. The first-order valence-corrected chi connectivity index (χ1v) is 6.65. The molecule has 0 fully saturated rings. The Morgan fingerprint density at radius 1 is 1.21 bits per heavy atom. The van der Waals surface area contributed by atoms with Crippen LogP contribution in [0.4, 0.5) is 8.78 Å². The summed E-state index contributed by atoms with van der Waals surface area (Å²) in [5.41, 5.74) is 0.950. The van der Waals surface area contributed by atoms with Crippen LogP contribution < -0.4 is 5.32 Å². The molecule has 1 aromatic carbocycles. The van der Waals surface area contributed by atoms with E-state index in [4.69, 9.17) is 0 Å². The summed E-state index contributed by atoms with van der Waals surface area (Å²) < 4.78 is 26.5. The fourth-order valence-corrected chi connectivity index (χ4v) is 2.15. The lowest BCUT2D eigenvalue weighted by Gasteiger charge is -2.04. The summed E-state index contributed by atoms with van der Waals surface area (Å²) in [6.45, 7) is 3.57. The maximum atomic E-state index is 13.4. The molecule has 0 bridgehead atoms. The van der Waals surface area contributed by atoms with Gasteiger partial charge in [-0.2, -0.15) is 0 Å². The average molecular weight is 281 g/mol. The zero-order valence-electron chi connectivity index (χ0n) is 10.4. The van der Waals surface area contributed by atoms with E-state index in [9.17, 15) is 8.78 Å². The number of aromatic nitrogens is 2. The highest BCUT2D eigenvalue weighted by molar-refractivity contribution is 7.99. The van der Waals surface area contributed by atoms with E-state index in [0.29, 0.717) is 11.7 Å². The first-order valence-electron chi connectivity index (χ1n) is 5.83. The van der Waals surface area contributed by atoms with Crippen molar-refractivity contribution in [3.63, 3.8) is 0 Å². The van der Waals surface area contributed by atoms with Crippen molar-refractivity contribution in [2.75, 3.05) is 6.54 Å². The van der Waals surface area contributed by atoms with E-state index in [0.717, 1.165) is 42.1 Å². The van der Waals surface area contributed by atoms with Gasteiger partial charge in [-0.05, 0) is 36.5 Å². The molecule has 0 radical (unpaired) electrons. The molecule has 2 aromatic rings. The van der Waals surface area contributed by atoms with Crippen molar-refractivity contribution < 1.29 is 8.78 Å². The van der Waals surface area contributed by atoms with Crippen LogP contribution in [0.3, 0.4) is 0 Å². The Kier molecular flexibility index (Phi) is 4.81. The molecule has 2 rings (SSSR count). The third-order valence-electron chi connectivity index (χ3n) is 2.36. The fraction of sp³-hybridized carbons (Fsp3) is 0.231. The third kappa shape index (κ3) is 3.97. The van der Waals surface area contributed by atoms with Crippen LogP contribution in [0, 0.1) is 11.6 Å². The predicted molar refractivity (Wildman–Crippen MR) is 69.9 cm³/mol. The SMILES string of the molecule is CCNCc1cnc(Sc2cc(F)ccc2F)nc1. The van der Waals surface area contributed by atoms with Gasteiger partial charge >= 0.3 is 0 Å². The summed E-state index contributed by atoms with van der Waals surface area (Å²) in [6.07, 6.45) is 3.35. The highest BCUT2D eigenvalue weighted by Gasteiger charge is 2.07. The standard InChI is InChI=1S/C13H13F2N3S/c1-2-16-6-9-7-17-13(18-8-9)19-12-5-10(14)3-4-11(12)15/h3-5,7-8,16H,2,6H2,1H3. The number of nitrogens with one attached hydrogen (secondary N) is 1. The summed E-state index contributed by atoms with van der Waals surface area (Å²) >= 11 is 1.00. The van der Waals surface area contributed by atoms with Crippen LogP contribution in [0.1, 0.15) is 12.5 Å². The van der Waals surface area contributed by atoms with E-state index in [1.54, 1.807) is 12.4 Å². The molecule has 19 heavy (non-hydrogen) atoms. The summed E-state index contributed by atoms with van der Waals surface area (Å²) in [7, 11) is 0. The van der Waals surface area contributed by atoms with Crippen LogP contribution in [-0.4, -0.2) is 16.5 Å². The second kappa shape index (κ2) is 6.58. The second-order valence-corrected chi connectivity index (χ2v) is 4.84. The number of nitrogens with zero attached hydrogens (tertiary/aromatic N) is 2. The fourth-order valence-electron chi connectivity index (χ4n) is 1.41. The first kappa shape index (κ1) is 13.9. The van der Waals surface area contributed by atoms with Crippen LogP contribution >= 0.6 is 11.8 Å². The predicted octanol–water partition coefficient (Wildman–Crippen LogP) is 3.02. The smallest absolute Gasteiger partial charge is 0.192 e. The Hall–Kier alpha value is -1.53. The molecule has 6 heteroatoms. The lowest BCUT2D eigenvalue weighted by atomic mass is 10.3. The average Bonchev–Trinajstić information content (AvgIpc) is 2.42. The quantitative estimate of drug-likeness (QED) is 0.855. The monoisotopic (exact) mass is 281 g/mol. The van der Waals surface area contributed by atoms with Gasteiger partial charge in [-0.3, -0.25) is 0 Å². The highest BCUT2D eigenvalue weighted by Crippen LogP contribution is 2.27. The van der Waals surface area contributed by atoms with E-state index < -0.39 is 11.6 Å². The number of benzene rings is 1. The van der Waals surface area contributed by atoms with Gasteiger partial charge in [0.15, 0.2) is 5.16 Å². The molecule has 0 saturated carbocycles. The molecule has 0 spiro atoms. The molecule has 0 aliphatic heterocycles. The first-order chi connectivity index (χ1) is 9.19. The Balaban J connectivity index is 2.08. The Morgan fingerprint density at radius 3 is 2.63 bits per heavy atom. The molecular formula is C13H13F2N3S. The molecule has 0 aliphatic rings. The Morgan fingerprint density at radius 2 is 1.95 bits per heavy atom. The summed E-state index contributed by atoms with van der Waals surface area (Å²) in [5, 5.41) is 3.55. The van der Waals surface area contributed by atoms with E-state index in [1.807, 2.05) is 6.92 Å². The van der Waals surface area contributed by atoms with Crippen LogP contribution in [0.15, 0.2) is 40.6 Å². The van der Waals surface area contributed by atoms with Crippen LogP contribution in [0.2, 0.25) is 0 Å². The molecule has 1 aromatic heterocycles. The van der Waals surface area contributed by atoms with Gasteiger partial charge in [-0.15, -0.1) is 0 Å². The van der Waals surface area contributed by atoms with Gasteiger partial charge in [0.2, 0.25) is 0 Å². The molecule has 0 aliphatic carbocycles. The minimum absolute atomic E-state index is 0.180. The second-order valence-electron chi connectivity index (χ2n) is 3.83. The number of rotatable bonds is 5. The van der Waals surface area contributed by atoms with Crippen molar-refractivity contribution >= 4 is 11.8 Å². The lowest BCUT2D eigenvalue weighted by Crippen LogP contribution is -2.12. The normalized spacial score (nSPS) is 10.7. The van der Waals surface area contributed by atoms with Crippen molar-refractivity contribution in [2.45, 2.75) is 23.5 Å². The molecular weight excluding hydrogens is 268 g/mol. The van der Waals surface area contributed by atoms with Crippen molar-refractivity contribution in [1.82, 2.24) is 15.3 Å². The maximum absolute atomic E-state index is 13.4. The van der Waals surface area contributed by atoms with Crippen molar-refractivity contribution in [3.05, 3.63) is 47.8 Å². The molecule has 0 unspecified atom stereocenters. The maximum Gasteiger partial charge on any atom is 0.192 e. The van der Waals surface area contributed by atoms with Crippen molar-refractivity contribution in [2.24, 2.45) is 0 Å². The zero-order chi connectivity index (χ0) is 13.7. The molecule has 1 heterocycles. The summed E-state index contributed by atoms with van der Waals surface area (Å²) in [4.78, 5) is 8.42. The summed E-state index contributed by atoms with van der Waals surface area (Å²) in [6, 6.07) is 3.31. The van der Waals surface area contributed by atoms with E-state index in [1.165, 1.54) is 0 Å². The van der Waals surface area contributed by atoms with E-state index in [-0.39, 0.29) is 4.90 Å². The van der Waals surface area contributed by atoms with E-state index >= 15 is 0 Å². The molecule has 100 valence electrons. The Labute approximate surface area is 114 Å². The van der Waals surface area contributed by atoms with E-state index in [2.05, 4.69) is 15.3 Å². The van der Waals surface area contributed by atoms with Crippen molar-refractivity contribution in [1.29, 1.82) is 0 Å². The minimum Gasteiger partial charge on any atom is -0.313 e. The van der Waals surface area contributed by atoms with Crippen molar-refractivity contribution in [3.8, 4) is 0 Å². The van der Waals surface area contributed by atoms with Gasteiger partial charge in [-0.25, -0.2) is 18.7 Å². The van der Waals surface area contributed by atoms with Crippen LogP contribution in [0.5, 0.6) is 0 Å². The molecule has 0 saturated heterocycles. The highest BCUT2D eigenvalue weighted by atomic mass is 32.2. The Bertz CT molecular complexity index is 546. The van der Waals surface area contributed by atoms with Gasteiger partial charge in [0.25, 0.3) is 0 Å².